The summed E-state index contributed by atoms with van der Waals surface area (Å²) in [5, 5.41) is 2.94. The third kappa shape index (κ3) is 4.68. The molecular formula is C12H21N5O. The molecule has 4 N–H and O–H groups in total. The molecule has 1 heterocycles. The largest absolute Gasteiger partial charge is 0.350 e. The monoisotopic (exact) mass is 251 g/mol. The minimum absolute atomic E-state index is 0.111. The maximum atomic E-state index is 11.9. The summed E-state index contributed by atoms with van der Waals surface area (Å²) in [6.07, 6.45) is 2.46. The second-order valence-electron chi connectivity index (χ2n) is 4.54. The standard InChI is InChI=1S/C12H21N5O/c1-9(5-7-17(2)3)15-12(18)10-4-6-14-11(8-10)16-13/h4,6,8-9H,5,7,13H2,1-3H3,(H,14,16)(H,15,18). The molecule has 0 radical (unpaired) electrons. The van der Waals surface area contributed by atoms with Crippen LogP contribution in [0.25, 0.3) is 0 Å². The number of nitrogens with one attached hydrogen (secondary N) is 2. The van der Waals surface area contributed by atoms with Crippen molar-refractivity contribution < 1.29 is 4.79 Å². The number of anilines is 1. The van der Waals surface area contributed by atoms with Crippen LogP contribution in [0.2, 0.25) is 0 Å². The van der Waals surface area contributed by atoms with Crippen molar-refractivity contribution in [1.29, 1.82) is 0 Å². The lowest BCUT2D eigenvalue weighted by Gasteiger charge is -2.16. The second kappa shape index (κ2) is 6.93. The van der Waals surface area contributed by atoms with Crippen LogP contribution in [0.4, 0.5) is 5.82 Å². The van der Waals surface area contributed by atoms with Crippen LogP contribution in [-0.4, -0.2) is 42.5 Å². The van der Waals surface area contributed by atoms with Gasteiger partial charge in [-0.1, -0.05) is 0 Å². The molecule has 0 aliphatic rings. The van der Waals surface area contributed by atoms with Gasteiger partial charge < -0.3 is 15.6 Å². The fraction of sp³-hybridized carbons (Fsp3) is 0.500. The summed E-state index contributed by atoms with van der Waals surface area (Å²) >= 11 is 0. The molecule has 0 spiro atoms. The molecule has 6 nitrogen and oxygen atoms in total. The zero-order chi connectivity index (χ0) is 13.5. The first kappa shape index (κ1) is 14.4. The van der Waals surface area contributed by atoms with E-state index in [4.69, 9.17) is 5.84 Å². The zero-order valence-corrected chi connectivity index (χ0v) is 11.1. The Balaban J connectivity index is 2.53. The first-order chi connectivity index (χ1) is 8.52. The molecule has 100 valence electrons. The summed E-state index contributed by atoms with van der Waals surface area (Å²) in [6, 6.07) is 3.41. The van der Waals surface area contributed by atoms with E-state index in [1.807, 2.05) is 21.0 Å². The number of nitrogens with zero attached hydrogens (tertiary/aromatic N) is 2. The zero-order valence-electron chi connectivity index (χ0n) is 11.1. The van der Waals surface area contributed by atoms with Gasteiger partial charge in [0.15, 0.2) is 0 Å². The normalized spacial score (nSPS) is 12.3. The lowest BCUT2D eigenvalue weighted by molar-refractivity contribution is 0.0936. The first-order valence-electron chi connectivity index (χ1n) is 5.91. The average Bonchev–Trinajstić information content (AvgIpc) is 2.36. The number of aromatic nitrogens is 1. The first-order valence-corrected chi connectivity index (χ1v) is 5.91. The van der Waals surface area contributed by atoms with Gasteiger partial charge in [0.25, 0.3) is 5.91 Å². The van der Waals surface area contributed by atoms with Crippen molar-refractivity contribution in [2.24, 2.45) is 5.84 Å². The number of hydrogen-bond donors (Lipinski definition) is 3. The van der Waals surface area contributed by atoms with Gasteiger partial charge in [0, 0.05) is 17.8 Å². The topological polar surface area (TPSA) is 83.3 Å². The molecule has 1 unspecified atom stereocenters. The van der Waals surface area contributed by atoms with E-state index in [0.29, 0.717) is 11.4 Å². The van der Waals surface area contributed by atoms with E-state index < -0.39 is 0 Å². The van der Waals surface area contributed by atoms with E-state index in [-0.39, 0.29) is 11.9 Å². The summed E-state index contributed by atoms with van der Waals surface area (Å²) in [4.78, 5) is 18.0. The third-order valence-electron chi connectivity index (χ3n) is 2.56. The number of amides is 1. The number of carbonyl (C=O) groups excluding carboxylic acids is 1. The van der Waals surface area contributed by atoms with Crippen LogP contribution >= 0.6 is 0 Å². The molecule has 0 saturated heterocycles. The highest BCUT2D eigenvalue weighted by molar-refractivity contribution is 5.94. The van der Waals surface area contributed by atoms with Crippen molar-refractivity contribution in [3.05, 3.63) is 23.9 Å². The minimum atomic E-state index is -0.111. The van der Waals surface area contributed by atoms with Gasteiger partial charge in [-0.25, -0.2) is 10.8 Å². The fourth-order valence-electron chi connectivity index (χ4n) is 1.48. The van der Waals surface area contributed by atoms with Crippen molar-refractivity contribution >= 4 is 11.7 Å². The van der Waals surface area contributed by atoms with Gasteiger partial charge in [-0.15, -0.1) is 0 Å². The third-order valence-corrected chi connectivity index (χ3v) is 2.56. The number of carbonyl (C=O) groups is 1. The summed E-state index contributed by atoms with van der Waals surface area (Å²) in [6.45, 7) is 2.93. The second-order valence-corrected chi connectivity index (χ2v) is 4.54. The van der Waals surface area contributed by atoms with Crippen molar-refractivity contribution in [3.8, 4) is 0 Å². The van der Waals surface area contributed by atoms with Crippen LogP contribution in [-0.2, 0) is 0 Å². The average molecular weight is 251 g/mol. The Labute approximate surface area is 108 Å². The predicted molar refractivity (Wildman–Crippen MR) is 72.1 cm³/mol. The quantitative estimate of drug-likeness (QED) is 0.504. The van der Waals surface area contributed by atoms with Crippen molar-refractivity contribution in [1.82, 2.24) is 15.2 Å². The Hall–Kier alpha value is -1.66. The summed E-state index contributed by atoms with van der Waals surface area (Å²) in [5.74, 6) is 5.62. The lowest BCUT2D eigenvalue weighted by Crippen LogP contribution is -2.34. The molecule has 0 aliphatic heterocycles. The van der Waals surface area contributed by atoms with E-state index in [9.17, 15) is 4.79 Å². The van der Waals surface area contributed by atoms with E-state index in [2.05, 4.69) is 20.6 Å². The van der Waals surface area contributed by atoms with Crippen LogP contribution in [0.3, 0.4) is 0 Å². The Morgan fingerprint density at radius 2 is 2.28 bits per heavy atom. The maximum absolute atomic E-state index is 11.9. The Kier molecular flexibility index (Phi) is 5.54. The molecule has 6 heteroatoms. The molecule has 1 aromatic rings. The molecule has 0 aliphatic carbocycles. The number of rotatable bonds is 6. The van der Waals surface area contributed by atoms with Crippen LogP contribution in [0.15, 0.2) is 18.3 Å². The molecule has 0 bridgehead atoms. The smallest absolute Gasteiger partial charge is 0.251 e. The Morgan fingerprint density at radius 1 is 1.56 bits per heavy atom. The number of nitrogen functional groups attached to an aromatic ring is 1. The van der Waals surface area contributed by atoms with Crippen molar-refractivity contribution in [2.45, 2.75) is 19.4 Å². The predicted octanol–water partition coefficient (Wildman–Crippen LogP) is 0.437. The number of pyridine rings is 1. The Morgan fingerprint density at radius 3 is 2.89 bits per heavy atom. The summed E-state index contributed by atoms with van der Waals surface area (Å²) in [5.41, 5.74) is 2.97. The van der Waals surface area contributed by atoms with Crippen molar-refractivity contribution in [3.63, 3.8) is 0 Å². The van der Waals surface area contributed by atoms with Gasteiger partial charge in [-0.3, -0.25) is 4.79 Å². The number of hydrazine groups is 1. The molecule has 1 atom stereocenters. The summed E-state index contributed by atoms with van der Waals surface area (Å²) in [7, 11) is 4.02. The molecular weight excluding hydrogens is 230 g/mol. The highest BCUT2D eigenvalue weighted by Crippen LogP contribution is 2.06. The molecule has 1 amide bonds. The highest BCUT2D eigenvalue weighted by Gasteiger charge is 2.10. The highest BCUT2D eigenvalue weighted by atomic mass is 16.1. The SMILES string of the molecule is CC(CCN(C)C)NC(=O)c1ccnc(NN)c1. The Bertz CT molecular complexity index is 394. The fourth-order valence-corrected chi connectivity index (χ4v) is 1.48. The maximum Gasteiger partial charge on any atom is 0.251 e. The van der Waals surface area contributed by atoms with Gasteiger partial charge in [0.05, 0.1) is 0 Å². The molecule has 0 fully saturated rings. The van der Waals surface area contributed by atoms with Gasteiger partial charge in [0.2, 0.25) is 0 Å². The van der Waals surface area contributed by atoms with Crippen molar-refractivity contribution in [2.75, 3.05) is 26.1 Å². The lowest BCUT2D eigenvalue weighted by atomic mass is 10.2. The molecule has 1 aromatic heterocycles. The van der Waals surface area contributed by atoms with Crippen LogP contribution < -0.4 is 16.6 Å². The minimum Gasteiger partial charge on any atom is -0.350 e. The molecule has 0 saturated carbocycles. The van der Waals surface area contributed by atoms with Crippen LogP contribution in [0.1, 0.15) is 23.7 Å². The number of hydrogen-bond acceptors (Lipinski definition) is 5. The van der Waals surface area contributed by atoms with E-state index >= 15 is 0 Å². The van der Waals surface area contributed by atoms with E-state index in [1.165, 1.54) is 0 Å². The van der Waals surface area contributed by atoms with Gasteiger partial charge >= 0.3 is 0 Å². The number of nitrogens with two attached hydrogens (primary N) is 1. The van der Waals surface area contributed by atoms with E-state index in [1.54, 1.807) is 18.3 Å². The molecule has 18 heavy (non-hydrogen) atoms. The van der Waals surface area contributed by atoms with Gasteiger partial charge in [-0.2, -0.15) is 0 Å². The van der Waals surface area contributed by atoms with Crippen LogP contribution in [0, 0.1) is 0 Å². The van der Waals surface area contributed by atoms with Crippen LogP contribution in [0.5, 0.6) is 0 Å². The molecule has 1 rings (SSSR count). The molecule has 0 aromatic carbocycles. The summed E-state index contributed by atoms with van der Waals surface area (Å²) < 4.78 is 0. The van der Waals surface area contributed by atoms with Gasteiger partial charge in [0.1, 0.15) is 5.82 Å². The van der Waals surface area contributed by atoms with Gasteiger partial charge in [-0.05, 0) is 46.1 Å². The van der Waals surface area contributed by atoms with E-state index in [0.717, 1.165) is 13.0 Å².